The van der Waals surface area contributed by atoms with Crippen molar-refractivity contribution in [2.24, 2.45) is 0 Å². The minimum atomic E-state index is -4.26. The van der Waals surface area contributed by atoms with Gasteiger partial charge in [-0.05, 0) is 72.6 Å². The standard InChI is InChI=1S/C32H30Cl3N3O4S/c1-2-36-32(40)30(19-23-8-4-3-5-9-23)37(21-24-10-6-11-26(34)18-24)31(39)22-38(28-13-7-12-27(35)20-28)43(41,42)29-16-14-25(33)15-17-29/h3-18,20,30H,2,19,21-22H2,1H3,(H,36,40)/t30-/m0/s1. The number of nitrogens with zero attached hydrogens (tertiary/aromatic N) is 2. The van der Waals surface area contributed by atoms with Crippen LogP contribution in [0.2, 0.25) is 15.1 Å². The van der Waals surface area contributed by atoms with Crippen molar-refractivity contribution in [3.05, 3.63) is 129 Å². The molecule has 0 fully saturated rings. The number of carbonyl (C=O) groups is 2. The summed E-state index contributed by atoms with van der Waals surface area (Å²) in [7, 11) is -4.26. The quantitative estimate of drug-likeness (QED) is 0.185. The zero-order valence-electron chi connectivity index (χ0n) is 23.3. The number of hydrogen-bond donors (Lipinski definition) is 1. The first-order valence-corrected chi connectivity index (χ1v) is 16.1. The second-order valence-electron chi connectivity index (χ2n) is 9.70. The average Bonchev–Trinajstić information content (AvgIpc) is 2.98. The summed E-state index contributed by atoms with van der Waals surface area (Å²) < 4.78 is 29.0. The Balaban J connectivity index is 1.80. The second-order valence-corrected chi connectivity index (χ2v) is 12.9. The molecular weight excluding hydrogens is 629 g/mol. The minimum absolute atomic E-state index is 0.0123. The molecule has 2 amide bonds. The number of amides is 2. The van der Waals surface area contributed by atoms with Crippen LogP contribution in [0, 0.1) is 0 Å². The molecule has 0 bridgehead atoms. The Hall–Kier alpha value is -3.56. The summed E-state index contributed by atoms with van der Waals surface area (Å²) in [5.41, 5.74) is 1.71. The van der Waals surface area contributed by atoms with E-state index < -0.39 is 28.5 Å². The van der Waals surface area contributed by atoms with Crippen LogP contribution in [0.3, 0.4) is 0 Å². The Bertz CT molecular complexity index is 1670. The normalized spacial score (nSPS) is 11.9. The van der Waals surface area contributed by atoms with Gasteiger partial charge in [-0.15, -0.1) is 0 Å². The van der Waals surface area contributed by atoms with E-state index in [0.29, 0.717) is 27.2 Å². The molecule has 0 aliphatic rings. The lowest BCUT2D eigenvalue weighted by molar-refractivity contribution is -0.140. The zero-order chi connectivity index (χ0) is 31.0. The molecule has 0 unspecified atom stereocenters. The van der Waals surface area contributed by atoms with E-state index in [-0.39, 0.29) is 29.5 Å². The summed E-state index contributed by atoms with van der Waals surface area (Å²) in [5.74, 6) is -0.957. The van der Waals surface area contributed by atoms with Crippen LogP contribution in [-0.4, -0.2) is 44.3 Å². The first-order chi connectivity index (χ1) is 20.6. The number of nitrogens with one attached hydrogen (secondary N) is 1. The van der Waals surface area contributed by atoms with Gasteiger partial charge < -0.3 is 10.2 Å². The van der Waals surface area contributed by atoms with E-state index in [1.54, 1.807) is 49.4 Å². The zero-order valence-corrected chi connectivity index (χ0v) is 26.4. The lowest BCUT2D eigenvalue weighted by Gasteiger charge is -2.34. The molecule has 4 aromatic rings. The number of likely N-dealkylation sites (N-methyl/N-ethyl adjacent to an activating group) is 1. The van der Waals surface area contributed by atoms with Gasteiger partial charge in [0.15, 0.2) is 0 Å². The summed E-state index contributed by atoms with van der Waals surface area (Å²) in [4.78, 5) is 29.2. The van der Waals surface area contributed by atoms with Gasteiger partial charge in [-0.25, -0.2) is 8.42 Å². The van der Waals surface area contributed by atoms with Gasteiger partial charge in [-0.1, -0.05) is 83.3 Å². The summed E-state index contributed by atoms with van der Waals surface area (Å²) in [5, 5.41) is 3.95. The molecule has 0 saturated heterocycles. The maximum atomic E-state index is 14.3. The summed E-state index contributed by atoms with van der Waals surface area (Å²) in [6.07, 6.45) is 0.208. The van der Waals surface area contributed by atoms with Gasteiger partial charge in [0.2, 0.25) is 11.8 Å². The molecule has 11 heteroatoms. The van der Waals surface area contributed by atoms with Crippen molar-refractivity contribution in [3.8, 4) is 0 Å². The van der Waals surface area contributed by atoms with Crippen molar-refractivity contribution in [2.75, 3.05) is 17.4 Å². The lowest BCUT2D eigenvalue weighted by atomic mass is 10.0. The van der Waals surface area contributed by atoms with E-state index in [4.69, 9.17) is 34.8 Å². The van der Waals surface area contributed by atoms with Crippen LogP contribution in [0.5, 0.6) is 0 Å². The molecule has 4 rings (SSSR count). The molecule has 0 spiro atoms. The number of rotatable bonds is 12. The van der Waals surface area contributed by atoms with Gasteiger partial charge in [0, 0.05) is 34.6 Å². The maximum absolute atomic E-state index is 14.3. The molecule has 1 N–H and O–H groups in total. The highest BCUT2D eigenvalue weighted by Crippen LogP contribution is 2.28. The van der Waals surface area contributed by atoms with Crippen LogP contribution < -0.4 is 9.62 Å². The fourth-order valence-corrected chi connectivity index (χ4v) is 6.50. The van der Waals surface area contributed by atoms with E-state index in [9.17, 15) is 18.0 Å². The van der Waals surface area contributed by atoms with E-state index in [1.165, 1.54) is 35.2 Å². The number of sulfonamides is 1. The molecular formula is C32H30Cl3N3O4S. The SMILES string of the molecule is CCNC(=O)[C@H](Cc1ccccc1)N(Cc1cccc(Cl)c1)C(=O)CN(c1cccc(Cl)c1)S(=O)(=O)c1ccc(Cl)cc1. The predicted molar refractivity (Wildman–Crippen MR) is 172 cm³/mol. The van der Waals surface area contributed by atoms with E-state index >= 15 is 0 Å². The third-order valence-electron chi connectivity index (χ3n) is 6.64. The van der Waals surface area contributed by atoms with Gasteiger partial charge in [-0.3, -0.25) is 13.9 Å². The van der Waals surface area contributed by atoms with Gasteiger partial charge in [0.05, 0.1) is 10.6 Å². The monoisotopic (exact) mass is 657 g/mol. The molecule has 1 atom stereocenters. The van der Waals surface area contributed by atoms with Crippen LogP contribution in [0.4, 0.5) is 5.69 Å². The van der Waals surface area contributed by atoms with E-state index in [0.717, 1.165) is 9.87 Å². The molecule has 0 aromatic heterocycles. The number of halogens is 3. The third-order valence-corrected chi connectivity index (χ3v) is 9.15. The van der Waals surface area contributed by atoms with Gasteiger partial charge in [0.1, 0.15) is 12.6 Å². The van der Waals surface area contributed by atoms with Gasteiger partial charge in [-0.2, -0.15) is 0 Å². The van der Waals surface area contributed by atoms with Crippen LogP contribution in [-0.2, 0) is 32.6 Å². The van der Waals surface area contributed by atoms with Crippen molar-refractivity contribution in [3.63, 3.8) is 0 Å². The minimum Gasteiger partial charge on any atom is -0.355 e. The summed E-state index contributed by atoms with van der Waals surface area (Å²) in [6, 6.07) is 27.2. The van der Waals surface area contributed by atoms with Crippen molar-refractivity contribution in [1.82, 2.24) is 10.2 Å². The average molecular weight is 659 g/mol. The van der Waals surface area contributed by atoms with Crippen molar-refractivity contribution in [2.45, 2.75) is 30.8 Å². The van der Waals surface area contributed by atoms with Crippen LogP contribution >= 0.6 is 34.8 Å². The molecule has 0 radical (unpaired) electrons. The Morgan fingerprint density at radius 1 is 0.767 bits per heavy atom. The van der Waals surface area contributed by atoms with Crippen LogP contribution in [0.25, 0.3) is 0 Å². The fraction of sp³-hybridized carbons (Fsp3) is 0.188. The Morgan fingerprint density at radius 2 is 1.40 bits per heavy atom. The smallest absolute Gasteiger partial charge is 0.264 e. The largest absolute Gasteiger partial charge is 0.355 e. The Labute approximate surface area is 267 Å². The highest BCUT2D eigenvalue weighted by atomic mass is 35.5. The number of anilines is 1. The van der Waals surface area contributed by atoms with Gasteiger partial charge in [0.25, 0.3) is 10.0 Å². The van der Waals surface area contributed by atoms with Crippen LogP contribution in [0.1, 0.15) is 18.1 Å². The maximum Gasteiger partial charge on any atom is 0.264 e. The highest BCUT2D eigenvalue weighted by Gasteiger charge is 2.34. The third kappa shape index (κ3) is 8.51. The van der Waals surface area contributed by atoms with Crippen molar-refractivity contribution < 1.29 is 18.0 Å². The molecule has 4 aromatic carbocycles. The molecule has 0 saturated carbocycles. The number of carbonyl (C=O) groups excluding carboxylic acids is 2. The molecule has 0 aliphatic heterocycles. The molecule has 0 aliphatic carbocycles. The van der Waals surface area contributed by atoms with Crippen molar-refractivity contribution >= 4 is 62.3 Å². The second kappa shape index (κ2) is 14.8. The summed E-state index contributed by atoms with van der Waals surface area (Å²) >= 11 is 18.5. The number of benzene rings is 4. The van der Waals surface area contributed by atoms with Gasteiger partial charge >= 0.3 is 0 Å². The lowest BCUT2D eigenvalue weighted by Crippen LogP contribution is -2.53. The Kier molecular flexibility index (Phi) is 11.1. The first-order valence-electron chi connectivity index (χ1n) is 13.5. The highest BCUT2D eigenvalue weighted by molar-refractivity contribution is 7.92. The summed E-state index contributed by atoms with van der Waals surface area (Å²) in [6.45, 7) is 1.55. The van der Waals surface area contributed by atoms with Crippen molar-refractivity contribution in [1.29, 1.82) is 0 Å². The topological polar surface area (TPSA) is 86.8 Å². The fourth-order valence-electron chi connectivity index (χ4n) is 4.57. The first kappa shape index (κ1) is 32.4. The van der Waals surface area contributed by atoms with E-state index in [1.807, 2.05) is 30.3 Å². The molecule has 43 heavy (non-hydrogen) atoms. The van der Waals surface area contributed by atoms with E-state index in [2.05, 4.69) is 5.32 Å². The predicted octanol–water partition coefficient (Wildman–Crippen LogP) is 6.62. The molecule has 7 nitrogen and oxygen atoms in total. The molecule has 224 valence electrons. The molecule has 0 heterocycles. The Morgan fingerprint density at radius 3 is 2.02 bits per heavy atom. The van der Waals surface area contributed by atoms with Crippen LogP contribution in [0.15, 0.2) is 108 Å². The number of hydrogen-bond acceptors (Lipinski definition) is 4.